The second kappa shape index (κ2) is 9.77. The molecule has 2 aliphatic rings. The molecule has 1 unspecified atom stereocenters. The van der Waals surface area contributed by atoms with E-state index in [0.717, 1.165) is 31.9 Å². The van der Waals surface area contributed by atoms with Gasteiger partial charge in [0.05, 0.1) is 6.04 Å². The predicted octanol–water partition coefficient (Wildman–Crippen LogP) is 5.65. The van der Waals surface area contributed by atoms with E-state index in [1.54, 1.807) is 0 Å². The molecule has 3 heteroatoms. The molecule has 3 nitrogen and oxygen atoms in total. The first-order valence-electron chi connectivity index (χ1n) is 11.6. The van der Waals surface area contributed by atoms with Gasteiger partial charge in [0.2, 0.25) is 0 Å². The first-order valence-corrected chi connectivity index (χ1v) is 11.6. The molecule has 0 amide bonds. The Bertz CT molecular complexity index is 793. The van der Waals surface area contributed by atoms with Crippen LogP contribution >= 0.6 is 0 Å². The maximum absolute atomic E-state index is 6.27. The Hall–Kier alpha value is -1.84. The van der Waals surface area contributed by atoms with Crippen LogP contribution in [-0.4, -0.2) is 31.1 Å². The van der Waals surface area contributed by atoms with Crippen LogP contribution < -0.4 is 10.1 Å². The molecule has 2 aromatic carbocycles. The Balaban J connectivity index is 1.64. The average Bonchev–Trinajstić information content (AvgIpc) is 2.94. The highest BCUT2D eigenvalue weighted by Crippen LogP contribution is 2.40. The molecule has 0 aromatic heterocycles. The number of nitrogens with zero attached hydrogens (tertiary/aromatic N) is 1. The van der Waals surface area contributed by atoms with Crippen molar-refractivity contribution in [2.45, 2.75) is 64.5 Å². The summed E-state index contributed by atoms with van der Waals surface area (Å²) in [6.07, 6.45) is 6.79. The quantitative estimate of drug-likeness (QED) is 0.659. The lowest BCUT2D eigenvalue weighted by molar-refractivity contribution is 0.298. The van der Waals surface area contributed by atoms with E-state index in [2.05, 4.69) is 66.5 Å². The Morgan fingerprint density at radius 2 is 1.76 bits per heavy atom. The molecule has 1 heterocycles. The Morgan fingerprint density at radius 3 is 2.55 bits per heavy atom. The minimum absolute atomic E-state index is 0.197. The van der Waals surface area contributed by atoms with Gasteiger partial charge in [-0.25, -0.2) is 0 Å². The molecular weight excluding hydrogens is 356 g/mol. The van der Waals surface area contributed by atoms with Gasteiger partial charge < -0.3 is 15.0 Å². The Kier molecular flexibility index (Phi) is 6.89. The number of likely N-dealkylation sites (N-methyl/N-ethyl adjacent to an activating group) is 1. The van der Waals surface area contributed by atoms with Crippen molar-refractivity contribution < 1.29 is 4.74 Å². The Labute approximate surface area is 176 Å². The van der Waals surface area contributed by atoms with Crippen molar-refractivity contribution in [3.05, 3.63) is 64.7 Å². The van der Waals surface area contributed by atoms with Crippen LogP contribution in [0.3, 0.4) is 0 Å². The SMILES string of the molecule is CCN(CC)CCNC1c2ccccc2COc2ccc(C3CCCCC3)cc21. The van der Waals surface area contributed by atoms with Gasteiger partial charge in [-0.1, -0.05) is 63.4 Å². The van der Waals surface area contributed by atoms with E-state index in [9.17, 15) is 0 Å². The van der Waals surface area contributed by atoms with Crippen molar-refractivity contribution in [3.63, 3.8) is 0 Å². The lowest BCUT2D eigenvalue weighted by atomic mass is 9.82. The van der Waals surface area contributed by atoms with E-state index in [0.29, 0.717) is 12.5 Å². The van der Waals surface area contributed by atoms with Crippen LogP contribution in [-0.2, 0) is 6.61 Å². The van der Waals surface area contributed by atoms with Gasteiger partial charge in [0, 0.05) is 18.7 Å². The van der Waals surface area contributed by atoms with E-state index in [4.69, 9.17) is 4.74 Å². The zero-order chi connectivity index (χ0) is 20.1. The van der Waals surface area contributed by atoms with Crippen LogP contribution in [0.2, 0.25) is 0 Å². The third kappa shape index (κ3) is 4.67. The fourth-order valence-electron chi connectivity index (χ4n) is 5.01. The molecule has 2 aromatic rings. The number of fused-ring (bicyclic) bond motifs is 2. The fourth-order valence-corrected chi connectivity index (χ4v) is 5.01. The number of hydrogen-bond donors (Lipinski definition) is 1. The maximum Gasteiger partial charge on any atom is 0.124 e. The summed E-state index contributed by atoms with van der Waals surface area (Å²) in [7, 11) is 0. The minimum Gasteiger partial charge on any atom is -0.489 e. The molecule has 1 fully saturated rings. The lowest BCUT2D eigenvalue weighted by Crippen LogP contribution is -2.34. The van der Waals surface area contributed by atoms with Crippen LogP contribution in [0.4, 0.5) is 0 Å². The van der Waals surface area contributed by atoms with Gasteiger partial charge in [-0.15, -0.1) is 0 Å². The van der Waals surface area contributed by atoms with Crippen LogP contribution in [0.25, 0.3) is 0 Å². The number of benzene rings is 2. The summed E-state index contributed by atoms with van der Waals surface area (Å²) >= 11 is 0. The number of hydrogen-bond acceptors (Lipinski definition) is 3. The Morgan fingerprint density at radius 1 is 0.966 bits per heavy atom. The predicted molar refractivity (Wildman–Crippen MR) is 121 cm³/mol. The van der Waals surface area contributed by atoms with Gasteiger partial charge in [-0.2, -0.15) is 0 Å². The standard InChI is InChI=1S/C26H36N2O/c1-3-28(4-2)17-16-27-26-23-13-9-8-12-22(23)19-29-25-15-14-21(18-24(25)26)20-10-6-5-7-11-20/h8-9,12-15,18,20,26-27H,3-7,10-11,16-17,19H2,1-2H3. The smallest absolute Gasteiger partial charge is 0.124 e. The summed E-state index contributed by atoms with van der Waals surface area (Å²) in [5, 5.41) is 3.88. The lowest BCUT2D eigenvalue weighted by Gasteiger charge is -2.26. The monoisotopic (exact) mass is 392 g/mol. The molecule has 29 heavy (non-hydrogen) atoms. The average molecular weight is 393 g/mol. The third-order valence-electron chi connectivity index (χ3n) is 6.84. The summed E-state index contributed by atoms with van der Waals surface area (Å²) in [5.74, 6) is 1.75. The molecule has 1 aliphatic heterocycles. The summed E-state index contributed by atoms with van der Waals surface area (Å²) in [4.78, 5) is 2.48. The molecule has 0 spiro atoms. The molecule has 1 atom stereocenters. The summed E-state index contributed by atoms with van der Waals surface area (Å²) in [6.45, 7) is 9.39. The zero-order valence-electron chi connectivity index (χ0n) is 18.1. The molecule has 1 N–H and O–H groups in total. The van der Waals surface area contributed by atoms with Crippen LogP contribution in [0.1, 0.15) is 80.2 Å². The minimum atomic E-state index is 0.197. The summed E-state index contributed by atoms with van der Waals surface area (Å²) < 4.78 is 6.27. The van der Waals surface area contributed by atoms with Crippen molar-refractivity contribution in [3.8, 4) is 5.75 Å². The van der Waals surface area contributed by atoms with E-state index >= 15 is 0 Å². The molecule has 4 rings (SSSR count). The molecule has 1 saturated carbocycles. The molecule has 156 valence electrons. The van der Waals surface area contributed by atoms with Gasteiger partial charge in [-0.05, 0) is 60.7 Å². The van der Waals surface area contributed by atoms with Gasteiger partial charge in [0.15, 0.2) is 0 Å². The second-order valence-corrected chi connectivity index (χ2v) is 8.53. The van der Waals surface area contributed by atoms with Gasteiger partial charge in [0.1, 0.15) is 12.4 Å². The van der Waals surface area contributed by atoms with Gasteiger partial charge in [0.25, 0.3) is 0 Å². The first-order chi connectivity index (χ1) is 14.3. The summed E-state index contributed by atoms with van der Waals surface area (Å²) in [5.41, 5.74) is 5.48. The van der Waals surface area contributed by atoms with Crippen LogP contribution in [0.5, 0.6) is 5.75 Å². The van der Waals surface area contributed by atoms with E-state index in [1.165, 1.54) is 54.4 Å². The van der Waals surface area contributed by atoms with Gasteiger partial charge >= 0.3 is 0 Å². The molecule has 1 aliphatic carbocycles. The molecule has 0 saturated heterocycles. The first kappa shape index (κ1) is 20.4. The van der Waals surface area contributed by atoms with Crippen LogP contribution in [0, 0.1) is 0 Å². The van der Waals surface area contributed by atoms with E-state index < -0.39 is 0 Å². The van der Waals surface area contributed by atoms with E-state index in [-0.39, 0.29) is 6.04 Å². The van der Waals surface area contributed by atoms with Crippen molar-refractivity contribution in [1.29, 1.82) is 0 Å². The maximum atomic E-state index is 6.27. The van der Waals surface area contributed by atoms with Crippen molar-refractivity contribution in [2.24, 2.45) is 0 Å². The zero-order valence-corrected chi connectivity index (χ0v) is 18.1. The van der Waals surface area contributed by atoms with E-state index in [1.807, 2.05) is 0 Å². The molecule has 0 bridgehead atoms. The number of rotatable bonds is 7. The fraction of sp³-hybridized carbons (Fsp3) is 0.538. The topological polar surface area (TPSA) is 24.5 Å². The highest BCUT2D eigenvalue weighted by atomic mass is 16.5. The molecular formula is C26H36N2O. The summed E-state index contributed by atoms with van der Waals surface area (Å²) in [6, 6.07) is 16.0. The van der Waals surface area contributed by atoms with Crippen molar-refractivity contribution in [2.75, 3.05) is 26.2 Å². The van der Waals surface area contributed by atoms with Crippen molar-refractivity contribution in [1.82, 2.24) is 10.2 Å². The van der Waals surface area contributed by atoms with Gasteiger partial charge in [-0.3, -0.25) is 0 Å². The van der Waals surface area contributed by atoms with Crippen molar-refractivity contribution >= 4 is 0 Å². The highest BCUT2D eigenvalue weighted by Gasteiger charge is 2.26. The third-order valence-corrected chi connectivity index (χ3v) is 6.84. The number of ether oxygens (including phenoxy) is 1. The second-order valence-electron chi connectivity index (χ2n) is 8.53. The molecule has 0 radical (unpaired) electrons. The normalized spacial score (nSPS) is 19.3. The highest BCUT2D eigenvalue weighted by molar-refractivity contribution is 5.48. The largest absolute Gasteiger partial charge is 0.489 e. The number of nitrogens with one attached hydrogen (secondary N) is 1. The van der Waals surface area contributed by atoms with Crippen LogP contribution in [0.15, 0.2) is 42.5 Å².